The Bertz CT molecular complexity index is 885. The molecule has 0 saturated heterocycles. The Morgan fingerprint density at radius 2 is 1.88 bits per heavy atom. The molecule has 3 aromatic rings. The zero-order chi connectivity index (χ0) is 17.8. The van der Waals surface area contributed by atoms with E-state index >= 15 is 0 Å². The van der Waals surface area contributed by atoms with Gasteiger partial charge in [-0.15, -0.1) is 0 Å². The Morgan fingerprint density at radius 1 is 1.12 bits per heavy atom. The Balaban J connectivity index is 1.88. The minimum atomic E-state index is -0.160. The molecular weight excluding hydrogens is 314 g/mol. The van der Waals surface area contributed by atoms with E-state index in [4.69, 9.17) is 4.74 Å². The maximum atomic E-state index is 12.8. The molecular formula is C20H21N3O2. The summed E-state index contributed by atoms with van der Waals surface area (Å²) < 4.78 is 6.93. The van der Waals surface area contributed by atoms with Crippen LogP contribution in [0, 0.1) is 13.8 Å². The van der Waals surface area contributed by atoms with Gasteiger partial charge in [0, 0.05) is 12.8 Å². The fourth-order valence-electron chi connectivity index (χ4n) is 2.89. The molecule has 1 heterocycles. The number of ether oxygens (including phenoxy) is 1. The average molecular weight is 335 g/mol. The summed E-state index contributed by atoms with van der Waals surface area (Å²) in [5.41, 5.74) is 4.80. The molecule has 128 valence electrons. The lowest BCUT2D eigenvalue weighted by Gasteiger charge is -2.08. The first-order valence-corrected chi connectivity index (χ1v) is 8.11. The molecule has 0 unspecified atom stereocenters. The second-order valence-corrected chi connectivity index (χ2v) is 5.88. The van der Waals surface area contributed by atoms with E-state index in [-0.39, 0.29) is 5.91 Å². The zero-order valence-electron chi connectivity index (χ0n) is 14.6. The van der Waals surface area contributed by atoms with Crippen LogP contribution >= 0.6 is 0 Å². The van der Waals surface area contributed by atoms with E-state index in [0.717, 1.165) is 22.6 Å². The van der Waals surface area contributed by atoms with Crippen molar-refractivity contribution in [3.63, 3.8) is 0 Å². The van der Waals surface area contributed by atoms with Crippen molar-refractivity contribution >= 4 is 11.6 Å². The van der Waals surface area contributed by atoms with Gasteiger partial charge in [-0.25, -0.2) is 4.68 Å². The van der Waals surface area contributed by atoms with E-state index in [1.807, 2.05) is 68.4 Å². The van der Waals surface area contributed by atoms with E-state index < -0.39 is 0 Å². The average Bonchev–Trinajstić information content (AvgIpc) is 2.91. The molecule has 0 fully saturated rings. The molecule has 1 aromatic heterocycles. The van der Waals surface area contributed by atoms with Crippen LogP contribution in [-0.4, -0.2) is 22.8 Å². The number of aromatic nitrogens is 2. The molecule has 5 nitrogen and oxygen atoms in total. The number of nitrogens with zero attached hydrogens (tertiary/aromatic N) is 2. The maximum absolute atomic E-state index is 12.8. The molecule has 2 aromatic carbocycles. The van der Waals surface area contributed by atoms with Gasteiger partial charge in [-0.2, -0.15) is 5.10 Å². The number of nitrogens with one attached hydrogen (secondary N) is 1. The number of benzene rings is 2. The van der Waals surface area contributed by atoms with Gasteiger partial charge in [0.05, 0.1) is 29.2 Å². The summed E-state index contributed by atoms with van der Waals surface area (Å²) in [6, 6.07) is 17.4. The summed E-state index contributed by atoms with van der Waals surface area (Å²) >= 11 is 0. The predicted molar refractivity (Wildman–Crippen MR) is 98.1 cm³/mol. The molecule has 0 aliphatic heterocycles. The Hall–Kier alpha value is -2.92. The summed E-state index contributed by atoms with van der Waals surface area (Å²) in [6.07, 6.45) is 0. The van der Waals surface area contributed by atoms with Crippen molar-refractivity contribution in [3.8, 4) is 5.69 Å². The monoisotopic (exact) mass is 335 g/mol. The lowest BCUT2D eigenvalue weighted by atomic mass is 10.1. The molecule has 0 radical (unpaired) electrons. The van der Waals surface area contributed by atoms with Crippen LogP contribution in [-0.2, 0) is 11.3 Å². The highest BCUT2D eigenvalue weighted by atomic mass is 16.5. The van der Waals surface area contributed by atoms with Gasteiger partial charge in [0.2, 0.25) is 0 Å². The van der Waals surface area contributed by atoms with Crippen LogP contribution in [0.1, 0.15) is 27.3 Å². The summed E-state index contributed by atoms with van der Waals surface area (Å²) in [4.78, 5) is 12.8. The van der Waals surface area contributed by atoms with Crippen molar-refractivity contribution in [1.82, 2.24) is 9.78 Å². The second-order valence-electron chi connectivity index (χ2n) is 5.88. The number of anilines is 1. The molecule has 0 atom stereocenters. The van der Waals surface area contributed by atoms with Crippen molar-refractivity contribution < 1.29 is 9.53 Å². The zero-order valence-corrected chi connectivity index (χ0v) is 14.6. The fraction of sp³-hybridized carbons (Fsp3) is 0.200. The smallest absolute Gasteiger partial charge is 0.259 e. The van der Waals surface area contributed by atoms with Gasteiger partial charge >= 0.3 is 0 Å². The largest absolute Gasteiger partial charge is 0.380 e. The number of hydrogen-bond donors (Lipinski definition) is 1. The number of rotatable bonds is 5. The van der Waals surface area contributed by atoms with Gasteiger partial charge in [-0.05, 0) is 43.7 Å². The van der Waals surface area contributed by atoms with Crippen LogP contribution in [0.2, 0.25) is 0 Å². The molecule has 3 rings (SSSR count). The van der Waals surface area contributed by atoms with Gasteiger partial charge in [0.15, 0.2) is 0 Å². The standard InChI is InChI=1S/C20H21N3O2/c1-14-19(15(2)23(22-14)18-10-5-4-6-11-18)20(24)21-17-9-7-8-16(12-17)13-25-3/h4-12H,13H2,1-3H3,(H,21,24). The van der Waals surface area contributed by atoms with Gasteiger partial charge in [-0.3, -0.25) is 4.79 Å². The molecule has 0 aliphatic rings. The van der Waals surface area contributed by atoms with E-state index in [1.165, 1.54) is 0 Å². The quantitative estimate of drug-likeness (QED) is 0.769. The van der Waals surface area contributed by atoms with E-state index in [0.29, 0.717) is 17.9 Å². The van der Waals surface area contributed by atoms with Crippen molar-refractivity contribution in [3.05, 3.63) is 77.1 Å². The van der Waals surface area contributed by atoms with Crippen LogP contribution in [0.4, 0.5) is 5.69 Å². The van der Waals surface area contributed by atoms with Crippen LogP contribution in [0.15, 0.2) is 54.6 Å². The highest BCUT2D eigenvalue weighted by Gasteiger charge is 2.19. The Morgan fingerprint density at radius 3 is 2.60 bits per heavy atom. The number of para-hydroxylation sites is 1. The van der Waals surface area contributed by atoms with Gasteiger partial charge in [0.25, 0.3) is 5.91 Å². The number of methoxy groups -OCH3 is 1. The molecule has 0 saturated carbocycles. The summed E-state index contributed by atoms with van der Waals surface area (Å²) in [6.45, 7) is 4.26. The lowest BCUT2D eigenvalue weighted by molar-refractivity contribution is 0.102. The minimum absolute atomic E-state index is 0.160. The molecule has 25 heavy (non-hydrogen) atoms. The fourth-order valence-corrected chi connectivity index (χ4v) is 2.89. The number of amides is 1. The van der Waals surface area contributed by atoms with Gasteiger partial charge < -0.3 is 10.1 Å². The number of aryl methyl sites for hydroxylation is 1. The lowest BCUT2D eigenvalue weighted by Crippen LogP contribution is -2.14. The first-order chi connectivity index (χ1) is 12.1. The highest BCUT2D eigenvalue weighted by Crippen LogP contribution is 2.20. The molecule has 0 bridgehead atoms. The summed E-state index contributed by atoms with van der Waals surface area (Å²) in [5, 5.41) is 7.48. The third-order valence-electron chi connectivity index (χ3n) is 4.01. The van der Waals surface area contributed by atoms with Crippen molar-refractivity contribution in [2.24, 2.45) is 0 Å². The van der Waals surface area contributed by atoms with Crippen LogP contribution in [0.25, 0.3) is 5.69 Å². The molecule has 0 spiro atoms. The molecule has 1 N–H and O–H groups in total. The van der Waals surface area contributed by atoms with Gasteiger partial charge in [-0.1, -0.05) is 30.3 Å². The highest BCUT2D eigenvalue weighted by molar-refractivity contribution is 6.06. The van der Waals surface area contributed by atoms with E-state index in [9.17, 15) is 4.79 Å². The van der Waals surface area contributed by atoms with E-state index in [1.54, 1.807) is 11.8 Å². The molecule has 5 heteroatoms. The first-order valence-electron chi connectivity index (χ1n) is 8.11. The summed E-state index contributed by atoms with van der Waals surface area (Å²) in [7, 11) is 1.65. The Kier molecular flexibility index (Phi) is 4.95. The topological polar surface area (TPSA) is 56.1 Å². The molecule has 0 aliphatic carbocycles. The first kappa shape index (κ1) is 16.9. The normalized spacial score (nSPS) is 10.7. The minimum Gasteiger partial charge on any atom is -0.380 e. The number of carbonyl (C=O) groups excluding carboxylic acids is 1. The van der Waals surface area contributed by atoms with Crippen LogP contribution < -0.4 is 5.32 Å². The van der Waals surface area contributed by atoms with Crippen LogP contribution in [0.3, 0.4) is 0 Å². The number of carbonyl (C=O) groups is 1. The predicted octanol–water partition coefficient (Wildman–Crippen LogP) is 3.89. The van der Waals surface area contributed by atoms with Gasteiger partial charge in [0.1, 0.15) is 0 Å². The van der Waals surface area contributed by atoms with Crippen LogP contribution in [0.5, 0.6) is 0 Å². The van der Waals surface area contributed by atoms with E-state index in [2.05, 4.69) is 10.4 Å². The third-order valence-corrected chi connectivity index (χ3v) is 4.01. The number of hydrogen-bond acceptors (Lipinski definition) is 3. The van der Waals surface area contributed by atoms with Crippen molar-refractivity contribution in [2.75, 3.05) is 12.4 Å². The van der Waals surface area contributed by atoms with Crippen molar-refractivity contribution in [1.29, 1.82) is 0 Å². The maximum Gasteiger partial charge on any atom is 0.259 e. The molecule has 1 amide bonds. The third kappa shape index (κ3) is 3.61. The second kappa shape index (κ2) is 7.32. The Labute approximate surface area is 147 Å². The van der Waals surface area contributed by atoms with Crippen molar-refractivity contribution in [2.45, 2.75) is 20.5 Å². The summed E-state index contributed by atoms with van der Waals surface area (Å²) in [5.74, 6) is -0.160. The SMILES string of the molecule is COCc1cccc(NC(=O)c2c(C)nn(-c3ccccc3)c2C)c1.